The van der Waals surface area contributed by atoms with E-state index >= 15 is 4.39 Å². The molecule has 0 radical (unpaired) electrons. The minimum absolute atomic E-state index is 0. The number of hydrogen-bond acceptors (Lipinski definition) is 9. The lowest BCUT2D eigenvalue weighted by Gasteiger charge is -2.22. The monoisotopic (exact) mass is 654 g/mol. The molecule has 3 rings (SSSR count). The van der Waals surface area contributed by atoms with Crippen molar-refractivity contribution in [3.63, 3.8) is 0 Å². The van der Waals surface area contributed by atoms with E-state index in [9.17, 15) is 19.2 Å². The van der Waals surface area contributed by atoms with Crippen LogP contribution in [0.5, 0.6) is 11.5 Å². The Kier molecular flexibility index (Phi) is 12.3. The normalized spacial score (nSPS) is 21.3. The van der Waals surface area contributed by atoms with Gasteiger partial charge in [-0.1, -0.05) is 44.0 Å². The summed E-state index contributed by atoms with van der Waals surface area (Å²) in [5, 5.41) is 0.314. The first kappa shape index (κ1) is 35.4. The number of benzene rings is 1. The van der Waals surface area contributed by atoms with Crippen molar-refractivity contribution in [3.8, 4) is 11.5 Å². The van der Waals surface area contributed by atoms with Crippen LogP contribution in [0.1, 0.15) is 46.4 Å². The van der Waals surface area contributed by atoms with Crippen molar-refractivity contribution in [2.45, 2.75) is 77.8 Å². The van der Waals surface area contributed by atoms with Crippen molar-refractivity contribution in [2.24, 2.45) is 11.7 Å². The molecular formula is C26H34Cl3FN4O8. The van der Waals surface area contributed by atoms with Gasteiger partial charge < -0.3 is 24.7 Å². The lowest BCUT2D eigenvalue weighted by atomic mass is 10.1. The first-order chi connectivity index (χ1) is 19.2. The molecule has 1 fully saturated rings. The van der Waals surface area contributed by atoms with Crippen molar-refractivity contribution >= 4 is 47.5 Å². The van der Waals surface area contributed by atoms with E-state index < -0.39 is 59.9 Å². The average molecular weight is 656 g/mol. The largest absolute Gasteiger partial charge is 0.495 e. The fourth-order valence-electron chi connectivity index (χ4n) is 4.01. The van der Waals surface area contributed by atoms with Gasteiger partial charge in [-0.3, -0.25) is 24.4 Å². The number of carbonyl (C=O) groups excluding carboxylic acids is 2. The molecule has 1 aliphatic heterocycles. The number of aromatic nitrogens is 2. The number of ether oxygens (including phenoxy) is 4. The fourth-order valence-corrected chi connectivity index (χ4v) is 4.51. The van der Waals surface area contributed by atoms with E-state index in [1.165, 1.54) is 33.1 Å². The number of nitrogens with zero attached hydrogens (tertiary/aromatic N) is 2. The molecule has 1 aliphatic rings. The van der Waals surface area contributed by atoms with Crippen LogP contribution in [-0.4, -0.2) is 58.8 Å². The maximum Gasteiger partial charge on any atom is 0.352 e. The number of halogens is 4. The van der Waals surface area contributed by atoms with Gasteiger partial charge in [0.05, 0.1) is 23.3 Å². The van der Waals surface area contributed by atoms with E-state index in [4.69, 9.17) is 47.9 Å². The van der Waals surface area contributed by atoms with Gasteiger partial charge in [-0.2, -0.15) is 4.68 Å². The van der Waals surface area contributed by atoms with Crippen molar-refractivity contribution in [1.82, 2.24) is 9.24 Å². The molecule has 1 aromatic heterocycles. The fraction of sp³-hybridized carbons (Fsp3) is 0.538. The number of methoxy groups -OCH3 is 1. The number of rotatable bonds is 10. The summed E-state index contributed by atoms with van der Waals surface area (Å²) < 4.78 is 38.5. The molecule has 0 bridgehead atoms. The van der Waals surface area contributed by atoms with Crippen LogP contribution >= 0.6 is 35.6 Å². The van der Waals surface area contributed by atoms with Crippen molar-refractivity contribution in [3.05, 3.63) is 54.8 Å². The van der Waals surface area contributed by atoms with E-state index in [1.54, 1.807) is 20.8 Å². The molecule has 1 amide bonds. The van der Waals surface area contributed by atoms with Gasteiger partial charge in [-0.25, -0.2) is 9.18 Å². The highest BCUT2D eigenvalue weighted by atomic mass is 35.5. The van der Waals surface area contributed by atoms with Crippen LogP contribution in [0.25, 0.3) is 0 Å². The van der Waals surface area contributed by atoms with Gasteiger partial charge in [-0.05, 0) is 32.3 Å². The third-order valence-electron chi connectivity index (χ3n) is 6.59. The van der Waals surface area contributed by atoms with E-state index in [-0.39, 0.29) is 51.9 Å². The maximum absolute atomic E-state index is 15.6. The Balaban J connectivity index is 0.00000616. The van der Waals surface area contributed by atoms with Crippen LogP contribution in [0.15, 0.2) is 27.9 Å². The minimum atomic E-state index is -1.98. The SMILES string of the molecule is CCc1cn([C@@H]2O[C@H](C)[C@@H](OC(=O)[C@H](N)C(C)C)[C@@H]2F)c(=O)n(NC(=O)C(C)Oc2cc(OC)c(Cl)cc2Cl)c1=O.Cl. The number of nitrogens with one attached hydrogen (secondary N) is 1. The lowest BCUT2D eigenvalue weighted by molar-refractivity contribution is -0.156. The Morgan fingerprint density at radius 1 is 1.17 bits per heavy atom. The molecule has 1 unspecified atom stereocenters. The zero-order valence-electron chi connectivity index (χ0n) is 23.8. The molecule has 2 heterocycles. The highest BCUT2D eigenvalue weighted by Gasteiger charge is 2.47. The van der Waals surface area contributed by atoms with Gasteiger partial charge in [0.15, 0.2) is 24.6 Å². The number of aryl methyl sites for hydroxylation is 1. The first-order valence-electron chi connectivity index (χ1n) is 12.8. The lowest BCUT2D eigenvalue weighted by Crippen LogP contribution is -2.51. The molecule has 1 saturated heterocycles. The molecule has 3 N–H and O–H groups in total. The average Bonchev–Trinajstić information content (AvgIpc) is 3.19. The van der Waals surface area contributed by atoms with Gasteiger partial charge in [-0.15, -0.1) is 12.4 Å². The summed E-state index contributed by atoms with van der Waals surface area (Å²) in [4.78, 5) is 51.7. The predicted octanol–water partition coefficient (Wildman–Crippen LogP) is 3.00. The zero-order valence-corrected chi connectivity index (χ0v) is 26.1. The van der Waals surface area contributed by atoms with Crippen molar-refractivity contribution < 1.29 is 32.9 Å². The van der Waals surface area contributed by atoms with Gasteiger partial charge in [0.2, 0.25) is 0 Å². The van der Waals surface area contributed by atoms with Crippen molar-refractivity contribution in [1.29, 1.82) is 0 Å². The molecule has 0 saturated carbocycles. The summed E-state index contributed by atoms with van der Waals surface area (Å²) in [6, 6.07) is 1.77. The number of esters is 1. The van der Waals surface area contributed by atoms with Crippen LogP contribution in [0.3, 0.4) is 0 Å². The second-order valence-electron chi connectivity index (χ2n) is 9.84. The summed E-state index contributed by atoms with van der Waals surface area (Å²) in [5.74, 6) is -1.64. The molecule has 1 aromatic carbocycles. The van der Waals surface area contributed by atoms with Crippen LogP contribution in [0.4, 0.5) is 4.39 Å². The Morgan fingerprint density at radius 2 is 1.79 bits per heavy atom. The van der Waals surface area contributed by atoms with E-state index in [0.717, 1.165) is 10.8 Å². The minimum Gasteiger partial charge on any atom is -0.495 e. The van der Waals surface area contributed by atoms with Gasteiger partial charge >= 0.3 is 11.7 Å². The molecule has 42 heavy (non-hydrogen) atoms. The van der Waals surface area contributed by atoms with Crippen LogP contribution in [0.2, 0.25) is 10.0 Å². The number of hydrogen-bond donors (Lipinski definition) is 2. The quantitative estimate of drug-likeness (QED) is 0.368. The first-order valence-corrected chi connectivity index (χ1v) is 13.6. The molecule has 6 atom stereocenters. The summed E-state index contributed by atoms with van der Waals surface area (Å²) in [7, 11) is 1.39. The Hall–Kier alpha value is -2.84. The summed E-state index contributed by atoms with van der Waals surface area (Å²) in [5.41, 5.74) is 6.20. The van der Waals surface area contributed by atoms with Crippen molar-refractivity contribution in [2.75, 3.05) is 12.5 Å². The van der Waals surface area contributed by atoms with E-state index in [2.05, 4.69) is 5.43 Å². The van der Waals surface area contributed by atoms with Gasteiger partial charge in [0.25, 0.3) is 11.5 Å². The third-order valence-corrected chi connectivity index (χ3v) is 7.18. The Bertz CT molecular complexity index is 1420. The summed E-state index contributed by atoms with van der Waals surface area (Å²) in [6.07, 6.45) is -5.81. The van der Waals surface area contributed by atoms with Gasteiger partial charge in [0, 0.05) is 17.8 Å². The van der Waals surface area contributed by atoms with E-state index in [1.807, 2.05) is 0 Å². The number of alkyl halides is 1. The third kappa shape index (κ3) is 7.38. The topological polar surface area (TPSA) is 153 Å². The summed E-state index contributed by atoms with van der Waals surface area (Å²) in [6.45, 7) is 7.91. The van der Waals surface area contributed by atoms with E-state index in [0.29, 0.717) is 4.68 Å². The zero-order chi connectivity index (χ0) is 30.8. The van der Waals surface area contributed by atoms with Crippen LogP contribution in [-0.2, 0) is 25.5 Å². The molecule has 0 aliphatic carbocycles. The molecule has 2 aromatic rings. The molecular weight excluding hydrogens is 622 g/mol. The second-order valence-corrected chi connectivity index (χ2v) is 10.7. The smallest absolute Gasteiger partial charge is 0.352 e. The predicted molar refractivity (Wildman–Crippen MR) is 156 cm³/mol. The molecule has 12 nitrogen and oxygen atoms in total. The molecule has 234 valence electrons. The highest BCUT2D eigenvalue weighted by Crippen LogP contribution is 2.36. The number of amides is 1. The molecule has 16 heteroatoms. The molecule has 0 spiro atoms. The standard InChI is InChI=1S/C26H33Cl2FN4O8.ClH/c1-7-14-10-32(24-19(29)21(12(4)40-24)41-25(36)20(30)11(2)3)26(37)33(23(14)35)31-22(34)13(5)39-18-9-17(38-6)15(27)8-16(18)28;/h8-13,19-21,24H,7,30H2,1-6H3,(H,31,34);1H/t12-,13?,19+,20-,21-,24-;/m1./s1. The van der Waals surface area contributed by atoms with Crippen LogP contribution < -0.4 is 31.9 Å². The van der Waals surface area contributed by atoms with Crippen LogP contribution in [0, 0.1) is 5.92 Å². The number of nitrogens with two attached hydrogens (primary N) is 1. The Morgan fingerprint density at radius 3 is 2.36 bits per heavy atom. The second kappa shape index (κ2) is 14.6. The van der Waals surface area contributed by atoms with Gasteiger partial charge in [0.1, 0.15) is 17.5 Å². The Labute approximate surface area is 257 Å². The number of carbonyl (C=O) groups is 2. The maximum atomic E-state index is 15.6. The summed E-state index contributed by atoms with van der Waals surface area (Å²) >= 11 is 12.2. The highest BCUT2D eigenvalue weighted by molar-refractivity contribution is 6.36.